The molecule has 0 aromatic heterocycles. The number of Topliss-reactive ketones (excluding diaryl/α,β-unsaturated/α-hetero) is 3. The van der Waals surface area contributed by atoms with E-state index in [1.807, 2.05) is 0 Å². The lowest BCUT2D eigenvalue weighted by Gasteiger charge is -2.18. The molecule has 0 spiro atoms. The van der Waals surface area contributed by atoms with Crippen LogP contribution in [-0.2, 0) is 4.79 Å². The van der Waals surface area contributed by atoms with E-state index in [0.717, 1.165) is 5.57 Å². The first-order valence-corrected chi connectivity index (χ1v) is 5.39. The van der Waals surface area contributed by atoms with Crippen LogP contribution in [0.25, 0.3) is 0 Å². The highest BCUT2D eigenvalue weighted by Gasteiger charge is 2.38. The third-order valence-electron chi connectivity index (χ3n) is 2.73. The Labute approximate surface area is 99.1 Å². The molecule has 2 rings (SSSR count). The topological polar surface area (TPSA) is 51.2 Å². The molecule has 0 N–H and O–H groups in total. The van der Waals surface area contributed by atoms with E-state index >= 15 is 0 Å². The van der Waals surface area contributed by atoms with Gasteiger partial charge in [0.15, 0.2) is 5.78 Å². The zero-order valence-corrected chi connectivity index (χ0v) is 9.69. The van der Waals surface area contributed by atoms with Crippen LogP contribution in [0.4, 0.5) is 0 Å². The van der Waals surface area contributed by atoms with Crippen molar-refractivity contribution in [3.63, 3.8) is 0 Å². The summed E-state index contributed by atoms with van der Waals surface area (Å²) in [4.78, 5) is 35.7. The molecule has 0 saturated carbocycles. The molecular formula is C14H12O3. The zero-order valence-electron chi connectivity index (χ0n) is 9.69. The normalized spacial score (nSPS) is 18.9. The summed E-state index contributed by atoms with van der Waals surface area (Å²) in [6.07, 6.45) is 1.55. The monoisotopic (exact) mass is 228 g/mol. The quantitative estimate of drug-likeness (QED) is 0.420. The van der Waals surface area contributed by atoms with E-state index in [-0.39, 0.29) is 11.3 Å². The van der Waals surface area contributed by atoms with Gasteiger partial charge in [0, 0.05) is 11.1 Å². The predicted octanol–water partition coefficient (Wildman–Crippen LogP) is 2.22. The molecule has 1 atom stereocenters. The Morgan fingerprint density at radius 3 is 2.18 bits per heavy atom. The summed E-state index contributed by atoms with van der Waals surface area (Å²) in [6, 6.07) is 6.46. The van der Waals surface area contributed by atoms with Gasteiger partial charge in [-0.05, 0) is 13.8 Å². The summed E-state index contributed by atoms with van der Waals surface area (Å²) in [5.41, 5.74) is 1.42. The number of carbonyl (C=O) groups is 3. The number of fused-ring (bicyclic) bond motifs is 1. The van der Waals surface area contributed by atoms with E-state index in [0.29, 0.717) is 5.56 Å². The lowest BCUT2D eigenvalue weighted by molar-refractivity contribution is -0.116. The van der Waals surface area contributed by atoms with E-state index in [9.17, 15) is 14.4 Å². The van der Waals surface area contributed by atoms with Crippen molar-refractivity contribution in [2.45, 2.75) is 13.8 Å². The lowest BCUT2D eigenvalue weighted by atomic mass is 9.80. The largest absolute Gasteiger partial charge is 0.293 e. The Balaban J connectivity index is 2.59. The molecule has 0 heterocycles. The molecule has 0 aliphatic heterocycles. The summed E-state index contributed by atoms with van der Waals surface area (Å²) in [7, 11) is 0. The number of hydrogen-bond donors (Lipinski definition) is 0. The first kappa shape index (κ1) is 11.5. The van der Waals surface area contributed by atoms with Gasteiger partial charge in [0.1, 0.15) is 5.92 Å². The average molecular weight is 228 g/mol. The molecule has 0 fully saturated rings. The van der Waals surface area contributed by atoms with E-state index in [1.165, 1.54) is 6.07 Å². The average Bonchev–Trinajstić information content (AvgIpc) is 2.31. The van der Waals surface area contributed by atoms with Gasteiger partial charge in [-0.15, -0.1) is 0 Å². The number of allylic oxidation sites excluding steroid dienone is 2. The van der Waals surface area contributed by atoms with Crippen molar-refractivity contribution in [2.75, 3.05) is 0 Å². The Bertz CT molecular complexity index is 548. The van der Waals surface area contributed by atoms with Gasteiger partial charge in [0.2, 0.25) is 11.6 Å². The number of ketones is 3. The fourth-order valence-electron chi connectivity index (χ4n) is 1.94. The molecule has 0 radical (unpaired) electrons. The molecule has 1 aliphatic carbocycles. The molecule has 1 aromatic carbocycles. The highest BCUT2D eigenvalue weighted by molar-refractivity contribution is 6.52. The second kappa shape index (κ2) is 4.09. The van der Waals surface area contributed by atoms with Gasteiger partial charge in [-0.1, -0.05) is 35.9 Å². The van der Waals surface area contributed by atoms with Crippen LogP contribution in [0.5, 0.6) is 0 Å². The maximum atomic E-state index is 12.1. The van der Waals surface area contributed by atoms with Gasteiger partial charge in [-0.2, -0.15) is 0 Å². The molecule has 17 heavy (non-hydrogen) atoms. The van der Waals surface area contributed by atoms with Crippen LogP contribution in [0.3, 0.4) is 0 Å². The fraction of sp³-hybridized carbons (Fsp3) is 0.214. The van der Waals surface area contributed by atoms with Gasteiger partial charge in [0.25, 0.3) is 0 Å². The maximum Gasteiger partial charge on any atom is 0.230 e. The summed E-state index contributed by atoms with van der Waals surface area (Å²) in [5, 5.41) is 0. The smallest absolute Gasteiger partial charge is 0.230 e. The van der Waals surface area contributed by atoms with Crippen LogP contribution in [0, 0.1) is 5.92 Å². The van der Waals surface area contributed by atoms with Crippen molar-refractivity contribution >= 4 is 17.3 Å². The van der Waals surface area contributed by atoms with Gasteiger partial charge in [0.05, 0.1) is 0 Å². The Hall–Kier alpha value is -2.03. The van der Waals surface area contributed by atoms with Gasteiger partial charge in [-0.3, -0.25) is 14.4 Å². The first-order chi connectivity index (χ1) is 8.02. The minimum atomic E-state index is -0.942. The van der Waals surface area contributed by atoms with Gasteiger partial charge in [-0.25, -0.2) is 0 Å². The molecule has 1 aliphatic rings. The van der Waals surface area contributed by atoms with Crippen LogP contribution in [0.1, 0.15) is 34.6 Å². The Kier molecular flexibility index (Phi) is 2.76. The second-order valence-corrected chi connectivity index (χ2v) is 4.32. The Morgan fingerprint density at radius 2 is 1.59 bits per heavy atom. The van der Waals surface area contributed by atoms with Crippen molar-refractivity contribution in [2.24, 2.45) is 5.92 Å². The van der Waals surface area contributed by atoms with Crippen molar-refractivity contribution in [1.29, 1.82) is 0 Å². The van der Waals surface area contributed by atoms with E-state index < -0.39 is 17.5 Å². The van der Waals surface area contributed by atoms with E-state index in [4.69, 9.17) is 0 Å². The third-order valence-corrected chi connectivity index (χ3v) is 2.73. The third kappa shape index (κ3) is 1.84. The van der Waals surface area contributed by atoms with Crippen molar-refractivity contribution in [1.82, 2.24) is 0 Å². The lowest BCUT2D eigenvalue weighted by Crippen LogP contribution is -2.35. The number of benzene rings is 1. The van der Waals surface area contributed by atoms with E-state index in [1.54, 1.807) is 38.1 Å². The maximum absolute atomic E-state index is 12.1. The fourth-order valence-corrected chi connectivity index (χ4v) is 1.94. The number of carbonyl (C=O) groups excluding carboxylic acids is 3. The van der Waals surface area contributed by atoms with Crippen LogP contribution in [0.15, 0.2) is 35.9 Å². The summed E-state index contributed by atoms with van der Waals surface area (Å²) < 4.78 is 0. The summed E-state index contributed by atoms with van der Waals surface area (Å²) >= 11 is 0. The summed E-state index contributed by atoms with van der Waals surface area (Å²) in [5.74, 6) is -2.42. The molecular weight excluding hydrogens is 216 g/mol. The standard InChI is InChI=1S/C14H12O3/c1-8(2)7-11-12(15)9-5-3-4-6-10(9)13(16)14(11)17/h3-7,11H,1-2H3. The molecule has 0 bridgehead atoms. The molecule has 3 nitrogen and oxygen atoms in total. The molecule has 1 aromatic rings. The highest BCUT2D eigenvalue weighted by Crippen LogP contribution is 2.24. The molecule has 86 valence electrons. The van der Waals surface area contributed by atoms with Gasteiger partial charge >= 0.3 is 0 Å². The highest BCUT2D eigenvalue weighted by atomic mass is 16.2. The SMILES string of the molecule is CC(C)=CC1C(=O)C(=O)c2ccccc2C1=O. The predicted molar refractivity (Wildman–Crippen MR) is 63.0 cm³/mol. The van der Waals surface area contributed by atoms with Crippen LogP contribution in [-0.4, -0.2) is 17.3 Å². The van der Waals surface area contributed by atoms with Crippen molar-refractivity contribution < 1.29 is 14.4 Å². The molecule has 0 amide bonds. The van der Waals surface area contributed by atoms with Crippen LogP contribution < -0.4 is 0 Å². The van der Waals surface area contributed by atoms with E-state index in [2.05, 4.69) is 0 Å². The zero-order chi connectivity index (χ0) is 12.6. The van der Waals surface area contributed by atoms with Crippen LogP contribution >= 0.6 is 0 Å². The summed E-state index contributed by atoms with van der Waals surface area (Å²) in [6.45, 7) is 3.59. The van der Waals surface area contributed by atoms with Gasteiger partial charge < -0.3 is 0 Å². The minimum Gasteiger partial charge on any atom is -0.293 e. The number of hydrogen-bond acceptors (Lipinski definition) is 3. The number of rotatable bonds is 1. The molecule has 0 saturated heterocycles. The van der Waals surface area contributed by atoms with Crippen molar-refractivity contribution in [3.05, 3.63) is 47.0 Å². The van der Waals surface area contributed by atoms with Crippen LogP contribution in [0.2, 0.25) is 0 Å². The molecule has 1 unspecified atom stereocenters. The second-order valence-electron chi connectivity index (χ2n) is 4.32. The van der Waals surface area contributed by atoms with Crippen molar-refractivity contribution in [3.8, 4) is 0 Å². The first-order valence-electron chi connectivity index (χ1n) is 5.39. The molecule has 3 heteroatoms. The Morgan fingerprint density at radius 1 is 1.00 bits per heavy atom. The minimum absolute atomic E-state index is 0.223.